The highest BCUT2D eigenvalue weighted by atomic mass is 16.5. The Morgan fingerprint density at radius 3 is 2.27 bits per heavy atom. The number of aliphatic hydroxyl groups is 1. The second-order valence-corrected chi connectivity index (χ2v) is 9.19. The van der Waals surface area contributed by atoms with Crippen LogP contribution in [0.3, 0.4) is 0 Å². The van der Waals surface area contributed by atoms with Crippen molar-refractivity contribution >= 4 is 0 Å². The smallest absolute Gasteiger partial charge is 0.0900 e. The van der Waals surface area contributed by atoms with Gasteiger partial charge in [-0.3, -0.25) is 0 Å². The lowest BCUT2D eigenvalue weighted by molar-refractivity contribution is -0.0641. The van der Waals surface area contributed by atoms with Gasteiger partial charge in [0.25, 0.3) is 0 Å². The first kappa shape index (κ1) is 18.2. The Bertz CT molecular complexity index is 334. The summed E-state index contributed by atoms with van der Waals surface area (Å²) in [5, 5.41) is 10.3. The number of likely N-dealkylation sites (tertiary alicyclic amines) is 1. The normalized spacial score (nSPS) is 37.9. The van der Waals surface area contributed by atoms with Crippen LogP contribution in [0.2, 0.25) is 0 Å². The molecule has 2 aliphatic rings. The molecular formula is C19H37NO2. The van der Waals surface area contributed by atoms with Crippen molar-refractivity contribution in [2.75, 3.05) is 26.2 Å². The maximum Gasteiger partial charge on any atom is 0.0900 e. The zero-order valence-corrected chi connectivity index (χ0v) is 15.3. The largest absolute Gasteiger partial charge is 0.389 e. The first-order valence-electron chi connectivity index (χ1n) is 9.25. The molecule has 130 valence electrons. The van der Waals surface area contributed by atoms with Gasteiger partial charge in [0.05, 0.1) is 18.8 Å². The first-order chi connectivity index (χ1) is 10.2. The molecule has 22 heavy (non-hydrogen) atoms. The van der Waals surface area contributed by atoms with Crippen molar-refractivity contribution in [1.82, 2.24) is 4.90 Å². The van der Waals surface area contributed by atoms with Crippen molar-refractivity contribution in [3.63, 3.8) is 0 Å². The van der Waals surface area contributed by atoms with Crippen LogP contribution in [0.5, 0.6) is 0 Å². The van der Waals surface area contributed by atoms with Crippen LogP contribution in [0.1, 0.15) is 60.3 Å². The Balaban J connectivity index is 1.72. The zero-order valence-electron chi connectivity index (χ0n) is 15.3. The number of rotatable bonds is 5. The van der Waals surface area contributed by atoms with Gasteiger partial charge in [-0.1, -0.05) is 34.6 Å². The second kappa shape index (κ2) is 7.63. The van der Waals surface area contributed by atoms with Gasteiger partial charge >= 0.3 is 0 Å². The van der Waals surface area contributed by atoms with E-state index in [-0.39, 0.29) is 6.10 Å². The van der Waals surface area contributed by atoms with Gasteiger partial charge in [0.2, 0.25) is 0 Å². The van der Waals surface area contributed by atoms with E-state index < -0.39 is 0 Å². The first-order valence-corrected chi connectivity index (χ1v) is 9.25. The third-order valence-electron chi connectivity index (χ3n) is 5.28. The predicted molar refractivity (Wildman–Crippen MR) is 91.9 cm³/mol. The number of hydrogen-bond donors (Lipinski definition) is 1. The van der Waals surface area contributed by atoms with Crippen LogP contribution in [0.25, 0.3) is 0 Å². The zero-order chi connectivity index (χ0) is 16.3. The third kappa shape index (κ3) is 5.82. The number of nitrogens with zero attached hydrogens (tertiary/aromatic N) is 1. The summed E-state index contributed by atoms with van der Waals surface area (Å²) in [5.41, 5.74) is 0.380. The van der Waals surface area contributed by atoms with Crippen molar-refractivity contribution in [3.8, 4) is 0 Å². The van der Waals surface area contributed by atoms with Gasteiger partial charge in [0.15, 0.2) is 0 Å². The van der Waals surface area contributed by atoms with E-state index >= 15 is 0 Å². The van der Waals surface area contributed by atoms with Crippen LogP contribution in [0.15, 0.2) is 0 Å². The molecule has 1 N–H and O–H groups in total. The van der Waals surface area contributed by atoms with Gasteiger partial charge in [-0.15, -0.1) is 0 Å². The summed E-state index contributed by atoms with van der Waals surface area (Å²) < 4.78 is 6.07. The molecule has 0 spiro atoms. The Morgan fingerprint density at radius 1 is 1.05 bits per heavy atom. The summed E-state index contributed by atoms with van der Waals surface area (Å²) in [6.07, 6.45) is 4.86. The summed E-state index contributed by atoms with van der Waals surface area (Å²) in [6, 6.07) is 0. The van der Waals surface area contributed by atoms with Gasteiger partial charge in [-0.25, -0.2) is 0 Å². The molecule has 1 aliphatic carbocycles. The van der Waals surface area contributed by atoms with Gasteiger partial charge in [0.1, 0.15) is 0 Å². The fraction of sp³-hybridized carbons (Fsp3) is 1.00. The second-order valence-electron chi connectivity index (χ2n) is 9.19. The molecule has 0 aromatic heterocycles. The number of piperidine rings is 1. The molecule has 0 aromatic rings. The van der Waals surface area contributed by atoms with Crippen molar-refractivity contribution in [2.24, 2.45) is 23.2 Å². The Labute approximate surface area is 137 Å². The molecule has 1 saturated carbocycles. The number of β-amino-alcohol motifs (C(OH)–C–C–N with tert-alkyl or cyclic N) is 1. The van der Waals surface area contributed by atoms with Crippen LogP contribution in [-0.4, -0.2) is 48.5 Å². The van der Waals surface area contributed by atoms with E-state index in [1.165, 1.54) is 12.8 Å². The highest BCUT2D eigenvalue weighted by Crippen LogP contribution is 2.39. The molecule has 1 saturated heterocycles. The monoisotopic (exact) mass is 311 g/mol. The lowest BCUT2D eigenvalue weighted by atomic mass is 9.71. The van der Waals surface area contributed by atoms with E-state index in [1.54, 1.807) is 0 Å². The minimum Gasteiger partial charge on any atom is -0.389 e. The molecule has 0 amide bonds. The van der Waals surface area contributed by atoms with Crippen LogP contribution < -0.4 is 0 Å². The lowest BCUT2D eigenvalue weighted by Gasteiger charge is -2.39. The van der Waals surface area contributed by atoms with Gasteiger partial charge in [-0.2, -0.15) is 0 Å². The van der Waals surface area contributed by atoms with Crippen molar-refractivity contribution in [2.45, 2.75) is 72.5 Å². The molecule has 0 radical (unpaired) electrons. The molecule has 2 rings (SSSR count). The fourth-order valence-corrected chi connectivity index (χ4v) is 4.92. The van der Waals surface area contributed by atoms with E-state index in [1.807, 2.05) is 0 Å². The topological polar surface area (TPSA) is 32.7 Å². The molecule has 5 atom stereocenters. The van der Waals surface area contributed by atoms with Crippen molar-refractivity contribution in [1.29, 1.82) is 0 Å². The molecule has 1 aliphatic heterocycles. The van der Waals surface area contributed by atoms with E-state index in [0.717, 1.165) is 50.2 Å². The SMILES string of the molecule is C[C@@H]1C[C@H](C)CN(C[C@H](O)CO[C@@H]2C[C@H](C)CC(C)(C)C2)C1. The van der Waals surface area contributed by atoms with Crippen molar-refractivity contribution < 1.29 is 9.84 Å². The van der Waals surface area contributed by atoms with E-state index in [9.17, 15) is 5.11 Å². The van der Waals surface area contributed by atoms with Gasteiger partial charge in [-0.05, 0) is 48.9 Å². The predicted octanol–water partition coefficient (Wildman–Crippen LogP) is 3.56. The Kier molecular flexibility index (Phi) is 6.32. The van der Waals surface area contributed by atoms with Crippen LogP contribution in [0.4, 0.5) is 0 Å². The van der Waals surface area contributed by atoms with Gasteiger partial charge < -0.3 is 14.7 Å². The lowest BCUT2D eigenvalue weighted by Crippen LogP contribution is -2.44. The molecule has 3 heteroatoms. The summed E-state index contributed by atoms with van der Waals surface area (Å²) in [4.78, 5) is 2.42. The maximum absolute atomic E-state index is 10.3. The maximum atomic E-state index is 10.3. The highest BCUT2D eigenvalue weighted by molar-refractivity contribution is 4.84. The van der Waals surface area contributed by atoms with E-state index in [4.69, 9.17) is 4.74 Å². The number of ether oxygens (including phenoxy) is 1. The minimum atomic E-state index is -0.349. The number of aliphatic hydroxyl groups excluding tert-OH is 1. The minimum absolute atomic E-state index is 0.326. The summed E-state index contributed by atoms with van der Waals surface area (Å²) in [5.74, 6) is 2.23. The third-order valence-corrected chi connectivity index (χ3v) is 5.28. The molecule has 0 aromatic carbocycles. The van der Waals surface area contributed by atoms with E-state index in [2.05, 4.69) is 39.5 Å². The highest BCUT2D eigenvalue weighted by Gasteiger charge is 2.33. The van der Waals surface area contributed by atoms with E-state index in [0.29, 0.717) is 18.1 Å². The fourth-order valence-electron chi connectivity index (χ4n) is 4.92. The molecular weight excluding hydrogens is 274 g/mol. The van der Waals surface area contributed by atoms with Crippen molar-refractivity contribution in [3.05, 3.63) is 0 Å². The molecule has 0 unspecified atom stereocenters. The summed E-state index contributed by atoms with van der Waals surface area (Å²) in [6.45, 7) is 15.1. The molecule has 3 nitrogen and oxygen atoms in total. The number of hydrogen-bond acceptors (Lipinski definition) is 3. The average Bonchev–Trinajstić information content (AvgIpc) is 2.32. The molecule has 0 bridgehead atoms. The summed E-state index contributed by atoms with van der Waals surface area (Å²) >= 11 is 0. The summed E-state index contributed by atoms with van der Waals surface area (Å²) in [7, 11) is 0. The van der Waals surface area contributed by atoms with Gasteiger partial charge in [0, 0.05) is 19.6 Å². The Hall–Kier alpha value is -0.120. The van der Waals surface area contributed by atoms with Crippen LogP contribution >= 0.6 is 0 Å². The van der Waals surface area contributed by atoms with Crippen LogP contribution in [-0.2, 0) is 4.74 Å². The average molecular weight is 312 g/mol. The van der Waals surface area contributed by atoms with Crippen LogP contribution in [0, 0.1) is 23.2 Å². The molecule has 2 fully saturated rings. The quantitative estimate of drug-likeness (QED) is 0.842. The standard InChI is InChI=1S/C19H37NO2/c1-14-7-18(9-19(4,5)8-14)22-13-17(21)12-20-10-15(2)6-16(3)11-20/h14-18,21H,6-13H2,1-5H3/t14-,15-,16+,17-,18+/m0/s1. The molecule has 1 heterocycles. The Morgan fingerprint density at radius 2 is 1.68 bits per heavy atom.